The van der Waals surface area contributed by atoms with Crippen LogP contribution in [0.15, 0.2) is 23.0 Å². The van der Waals surface area contributed by atoms with E-state index in [2.05, 4.69) is 27.7 Å². The fourth-order valence-corrected chi connectivity index (χ4v) is 4.73. The number of rotatable bonds is 5. The summed E-state index contributed by atoms with van der Waals surface area (Å²) in [5.41, 5.74) is 10.5. The maximum atomic E-state index is 13.1. The maximum Gasteiger partial charge on any atom is 0.330 e. The van der Waals surface area contributed by atoms with Gasteiger partial charge >= 0.3 is 5.97 Å². The van der Waals surface area contributed by atoms with Crippen molar-refractivity contribution in [2.45, 2.75) is 65.2 Å². The molecule has 2 aromatic rings. The van der Waals surface area contributed by atoms with Gasteiger partial charge in [-0.05, 0) is 38.3 Å². The lowest BCUT2D eigenvalue weighted by atomic mass is 9.87. The minimum atomic E-state index is -0.782. The molecule has 9 nitrogen and oxygen atoms in total. The van der Waals surface area contributed by atoms with E-state index < -0.39 is 12.0 Å². The maximum absolute atomic E-state index is 13.1. The van der Waals surface area contributed by atoms with Crippen LogP contribution in [0.3, 0.4) is 0 Å². The Bertz CT molecular complexity index is 1060. The molecule has 9 heteroatoms. The van der Waals surface area contributed by atoms with Crippen LogP contribution < -0.4 is 10.6 Å². The summed E-state index contributed by atoms with van der Waals surface area (Å²) in [6.07, 6.45) is 3.52. The van der Waals surface area contributed by atoms with Crippen molar-refractivity contribution in [3.05, 3.63) is 41.0 Å². The van der Waals surface area contributed by atoms with E-state index >= 15 is 0 Å². The molecule has 0 saturated carbocycles. The molecular formula is C25H34N4O5. The smallest absolute Gasteiger partial charge is 0.330 e. The van der Waals surface area contributed by atoms with Crippen LogP contribution in [0, 0.1) is 0 Å². The van der Waals surface area contributed by atoms with Crippen molar-refractivity contribution in [2.24, 2.45) is 0 Å². The van der Waals surface area contributed by atoms with Crippen molar-refractivity contribution in [3.8, 4) is 0 Å². The van der Waals surface area contributed by atoms with Gasteiger partial charge in [0.25, 0.3) is 5.91 Å². The van der Waals surface area contributed by atoms with Crippen molar-refractivity contribution in [1.82, 2.24) is 9.88 Å². The highest BCUT2D eigenvalue weighted by molar-refractivity contribution is 5.97. The van der Waals surface area contributed by atoms with Gasteiger partial charge in [-0.25, -0.2) is 9.78 Å². The average Bonchev–Trinajstić information content (AvgIpc) is 3.33. The summed E-state index contributed by atoms with van der Waals surface area (Å²) in [7, 11) is 0. The van der Waals surface area contributed by atoms with Gasteiger partial charge in [-0.15, -0.1) is 0 Å². The van der Waals surface area contributed by atoms with Crippen LogP contribution in [0.4, 0.5) is 11.5 Å². The van der Waals surface area contributed by atoms with Gasteiger partial charge in [0, 0.05) is 25.1 Å². The Morgan fingerprint density at radius 3 is 2.71 bits per heavy atom. The third-order valence-electron chi connectivity index (χ3n) is 6.49. The van der Waals surface area contributed by atoms with Crippen LogP contribution >= 0.6 is 0 Å². The van der Waals surface area contributed by atoms with E-state index in [1.54, 1.807) is 17.9 Å². The first-order valence-corrected chi connectivity index (χ1v) is 11.8. The predicted octanol–water partition coefficient (Wildman–Crippen LogP) is 3.13. The third kappa shape index (κ3) is 4.49. The third-order valence-corrected chi connectivity index (χ3v) is 6.49. The molecule has 4 rings (SSSR count). The van der Waals surface area contributed by atoms with E-state index in [1.165, 1.54) is 12.5 Å². The molecule has 4 heterocycles. The van der Waals surface area contributed by atoms with E-state index in [1.807, 2.05) is 4.90 Å². The molecule has 0 radical (unpaired) electrons. The minimum Gasteiger partial charge on any atom is -0.472 e. The van der Waals surface area contributed by atoms with Crippen LogP contribution in [-0.2, 0) is 27.3 Å². The molecule has 1 atom stereocenters. The molecule has 2 aromatic heterocycles. The zero-order valence-corrected chi connectivity index (χ0v) is 20.6. The number of esters is 1. The van der Waals surface area contributed by atoms with Crippen LogP contribution in [-0.4, -0.2) is 59.6 Å². The van der Waals surface area contributed by atoms with E-state index in [0.29, 0.717) is 43.2 Å². The summed E-state index contributed by atoms with van der Waals surface area (Å²) in [6.45, 7) is 11.9. The first kappa shape index (κ1) is 24.1. The highest BCUT2D eigenvalue weighted by atomic mass is 16.5. The van der Waals surface area contributed by atoms with Gasteiger partial charge in [-0.1, -0.05) is 13.8 Å². The fourth-order valence-electron chi connectivity index (χ4n) is 4.73. The normalized spacial score (nSPS) is 19.8. The van der Waals surface area contributed by atoms with E-state index in [4.69, 9.17) is 24.6 Å². The number of amides is 1. The molecule has 0 spiro atoms. The van der Waals surface area contributed by atoms with Gasteiger partial charge in [0.05, 0.1) is 48.6 Å². The summed E-state index contributed by atoms with van der Waals surface area (Å²) in [5, 5.41) is 0. The molecule has 34 heavy (non-hydrogen) atoms. The van der Waals surface area contributed by atoms with Gasteiger partial charge in [0.2, 0.25) is 0 Å². The highest BCUT2D eigenvalue weighted by Gasteiger charge is 2.39. The Labute approximate surface area is 200 Å². The molecule has 0 aliphatic carbocycles. The largest absolute Gasteiger partial charge is 0.472 e. The van der Waals surface area contributed by atoms with Crippen molar-refractivity contribution in [1.29, 1.82) is 0 Å². The van der Waals surface area contributed by atoms with Gasteiger partial charge in [0.1, 0.15) is 12.3 Å². The van der Waals surface area contributed by atoms with Crippen molar-refractivity contribution in [3.63, 3.8) is 0 Å². The van der Waals surface area contributed by atoms with Gasteiger partial charge in [-0.3, -0.25) is 4.79 Å². The quantitative estimate of drug-likeness (QED) is 0.664. The number of nitrogen functional groups attached to an aromatic ring is 1. The number of furan rings is 1. The Hall–Kier alpha value is -3.07. The Kier molecular flexibility index (Phi) is 6.58. The van der Waals surface area contributed by atoms with Crippen LogP contribution in [0.2, 0.25) is 0 Å². The fraction of sp³-hybridized carbons (Fsp3) is 0.560. The van der Waals surface area contributed by atoms with Crippen molar-refractivity contribution in [2.75, 3.05) is 36.9 Å². The first-order chi connectivity index (χ1) is 16.1. The monoisotopic (exact) mass is 470 g/mol. The zero-order valence-electron chi connectivity index (χ0n) is 20.6. The Morgan fingerprint density at radius 1 is 1.29 bits per heavy atom. The summed E-state index contributed by atoms with van der Waals surface area (Å²) in [6, 6.07) is 0.814. The predicted molar refractivity (Wildman–Crippen MR) is 128 cm³/mol. The molecule has 0 bridgehead atoms. The molecule has 1 amide bonds. The average molecular weight is 471 g/mol. The number of pyridine rings is 1. The SMILES string of the molecule is CCOC(=O)C1CN(c2nc(C(C)C)c3c(c2N)CC(C)(C)OC3)CCN1C(=O)c1ccoc1. The molecular weight excluding hydrogens is 436 g/mol. The summed E-state index contributed by atoms with van der Waals surface area (Å²) in [5.74, 6) is 0.131. The number of anilines is 2. The number of aromatic nitrogens is 1. The molecule has 0 aromatic carbocycles. The van der Waals surface area contributed by atoms with Crippen molar-refractivity contribution < 1.29 is 23.5 Å². The number of hydrogen-bond donors (Lipinski definition) is 1. The Morgan fingerprint density at radius 2 is 2.06 bits per heavy atom. The zero-order chi connectivity index (χ0) is 24.6. The second-order valence-electron chi connectivity index (χ2n) is 9.80. The van der Waals surface area contributed by atoms with Gasteiger partial charge in [0.15, 0.2) is 5.82 Å². The summed E-state index contributed by atoms with van der Waals surface area (Å²) < 4.78 is 16.4. The lowest BCUT2D eigenvalue weighted by Crippen LogP contribution is -2.59. The minimum absolute atomic E-state index is 0.183. The van der Waals surface area contributed by atoms with Crippen LogP contribution in [0.1, 0.15) is 67.7 Å². The highest BCUT2D eigenvalue weighted by Crippen LogP contribution is 2.39. The number of ether oxygens (including phenoxy) is 2. The topological polar surface area (TPSA) is 111 Å². The standard InChI is InChI=1S/C25H34N4O5/c1-6-33-24(31)19-12-28(8-9-29(19)23(30)16-7-10-32-13-16)22-20(26)17-11-25(4,5)34-14-18(17)21(27-22)15(2)3/h7,10,13,15,19H,6,8-9,11-12,14,26H2,1-5H3. The number of piperazine rings is 1. The number of carbonyl (C=O) groups is 2. The second kappa shape index (κ2) is 9.29. The van der Waals surface area contributed by atoms with E-state index in [-0.39, 0.29) is 30.6 Å². The lowest BCUT2D eigenvalue weighted by molar-refractivity contribution is -0.148. The molecule has 1 unspecified atom stereocenters. The molecule has 2 aliphatic heterocycles. The van der Waals surface area contributed by atoms with Crippen molar-refractivity contribution >= 4 is 23.4 Å². The number of hydrogen-bond acceptors (Lipinski definition) is 8. The lowest BCUT2D eigenvalue weighted by Gasteiger charge is -2.42. The van der Waals surface area contributed by atoms with Gasteiger partial charge < -0.3 is 29.4 Å². The number of nitrogens with zero attached hydrogens (tertiary/aromatic N) is 3. The number of fused-ring (bicyclic) bond motifs is 1. The molecule has 2 N–H and O–H groups in total. The van der Waals surface area contributed by atoms with E-state index in [0.717, 1.165) is 16.8 Å². The first-order valence-electron chi connectivity index (χ1n) is 11.8. The van der Waals surface area contributed by atoms with Crippen LogP contribution in [0.5, 0.6) is 0 Å². The Balaban J connectivity index is 1.70. The summed E-state index contributed by atoms with van der Waals surface area (Å²) in [4.78, 5) is 34.5. The van der Waals surface area contributed by atoms with Crippen LogP contribution in [0.25, 0.3) is 0 Å². The number of nitrogens with two attached hydrogens (primary N) is 1. The summed E-state index contributed by atoms with van der Waals surface area (Å²) >= 11 is 0. The van der Waals surface area contributed by atoms with E-state index in [9.17, 15) is 9.59 Å². The molecule has 184 valence electrons. The van der Waals surface area contributed by atoms with Gasteiger partial charge in [-0.2, -0.15) is 0 Å². The second-order valence-corrected chi connectivity index (χ2v) is 9.80. The molecule has 1 fully saturated rings. The number of carbonyl (C=O) groups excluding carboxylic acids is 2. The molecule has 1 saturated heterocycles. The molecule has 2 aliphatic rings.